The van der Waals surface area contributed by atoms with Crippen molar-refractivity contribution < 1.29 is 4.92 Å². The van der Waals surface area contributed by atoms with Gasteiger partial charge in [0.15, 0.2) is 0 Å². The van der Waals surface area contributed by atoms with E-state index in [1.807, 2.05) is 49.4 Å². The summed E-state index contributed by atoms with van der Waals surface area (Å²) < 4.78 is 2.41. The highest BCUT2D eigenvalue weighted by molar-refractivity contribution is 14.1. The molecule has 0 N–H and O–H groups in total. The van der Waals surface area contributed by atoms with Crippen molar-refractivity contribution in [1.82, 2.24) is 9.55 Å². The second kappa shape index (κ2) is 8.19. The van der Waals surface area contributed by atoms with Crippen LogP contribution in [0, 0.1) is 20.6 Å². The number of nitro groups is 1. The second-order valence-corrected chi connectivity index (χ2v) is 8.04. The van der Waals surface area contributed by atoms with Crippen LogP contribution in [0.4, 0.5) is 5.69 Å². The lowest BCUT2D eigenvalue weighted by atomic mass is 10.1. The fourth-order valence-corrected chi connectivity index (χ4v) is 3.60. The van der Waals surface area contributed by atoms with Crippen molar-refractivity contribution in [2.24, 2.45) is 0 Å². The molecule has 0 aliphatic heterocycles. The smallest absolute Gasteiger partial charge is 0.268 e. The van der Waals surface area contributed by atoms with Gasteiger partial charge in [-0.15, -0.1) is 0 Å². The Morgan fingerprint density at radius 1 is 1.00 bits per heavy atom. The number of fused-ring (bicyclic) bond motifs is 1. The zero-order valence-electron chi connectivity index (χ0n) is 15.9. The molecule has 0 amide bonds. The molecule has 7 heteroatoms. The third kappa shape index (κ3) is 4.02. The quantitative estimate of drug-likeness (QED) is 0.210. The molecule has 0 bridgehead atoms. The molecule has 4 rings (SSSR count). The van der Waals surface area contributed by atoms with E-state index in [2.05, 4.69) is 27.6 Å². The number of hydrogen-bond acceptors (Lipinski definition) is 4. The molecule has 0 atom stereocenters. The second-order valence-electron chi connectivity index (χ2n) is 6.79. The van der Waals surface area contributed by atoms with Crippen molar-refractivity contribution in [2.45, 2.75) is 6.92 Å². The summed E-state index contributed by atoms with van der Waals surface area (Å²) in [4.78, 5) is 28.5. The molecule has 6 nitrogen and oxygen atoms in total. The Kier molecular flexibility index (Phi) is 5.45. The van der Waals surface area contributed by atoms with Crippen LogP contribution < -0.4 is 5.56 Å². The van der Waals surface area contributed by atoms with E-state index in [1.165, 1.54) is 16.7 Å². The molecule has 1 aromatic heterocycles. The van der Waals surface area contributed by atoms with Crippen LogP contribution in [0.5, 0.6) is 0 Å². The van der Waals surface area contributed by atoms with Gasteiger partial charge in [-0.1, -0.05) is 35.9 Å². The molecular formula is C23H16IN3O3. The van der Waals surface area contributed by atoms with Crippen molar-refractivity contribution in [2.75, 3.05) is 0 Å². The van der Waals surface area contributed by atoms with E-state index in [4.69, 9.17) is 0 Å². The van der Waals surface area contributed by atoms with Crippen molar-refractivity contribution in [1.29, 1.82) is 0 Å². The topological polar surface area (TPSA) is 78.0 Å². The average molecular weight is 509 g/mol. The minimum atomic E-state index is -0.467. The summed E-state index contributed by atoms with van der Waals surface area (Å²) in [6.45, 7) is 2.02. The van der Waals surface area contributed by atoms with Gasteiger partial charge in [-0.25, -0.2) is 4.98 Å². The first-order valence-corrected chi connectivity index (χ1v) is 10.2. The zero-order valence-corrected chi connectivity index (χ0v) is 18.1. The Hall–Kier alpha value is -3.33. The first-order chi connectivity index (χ1) is 14.4. The van der Waals surface area contributed by atoms with Crippen LogP contribution in [0.25, 0.3) is 28.7 Å². The number of non-ortho nitro benzene ring substituents is 1. The summed E-state index contributed by atoms with van der Waals surface area (Å²) in [5.74, 6) is 0.447. The van der Waals surface area contributed by atoms with Crippen molar-refractivity contribution in [3.05, 3.63) is 108 Å². The Bertz CT molecular complexity index is 1340. The van der Waals surface area contributed by atoms with E-state index in [0.29, 0.717) is 22.4 Å². The average Bonchev–Trinajstić information content (AvgIpc) is 2.74. The van der Waals surface area contributed by atoms with Crippen LogP contribution >= 0.6 is 22.6 Å². The predicted molar refractivity (Wildman–Crippen MR) is 127 cm³/mol. The summed E-state index contributed by atoms with van der Waals surface area (Å²) >= 11 is 2.15. The Morgan fingerprint density at radius 3 is 2.37 bits per heavy atom. The van der Waals surface area contributed by atoms with Gasteiger partial charge in [0.05, 0.1) is 21.5 Å². The molecule has 0 saturated heterocycles. The largest absolute Gasteiger partial charge is 0.269 e. The molecule has 0 fully saturated rings. The molecular weight excluding hydrogens is 493 g/mol. The molecule has 0 aliphatic carbocycles. The first-order valence-electron chi connectivity index (χ1n) is 9.14. The number of nitrogens with zero attached hydrogens (tertiary/aromatic N) is 3. The highest BCUT2D eigenvalue weighted by Crippen LogP contribution is 2.20. The Balaban J connectivity index is 1.92. The third-order valence-electron chi connectivity index (χ3n) is 4.68. The van der Waals surface area contributed by atoms with Gasteiger partial charge in [-0.2, -0.15) is 0 Å². The summed E-state index contributed by atoms with van der Waals surface area (Å²) in [7, 11) is 0. The molecule has 0 saturated carbocycles. The number of hydrogen-bond donors (Lipinski definition) is 0. The maximum Gasteiger partial charge on any atom is 0.269 e. The van der Waals surface area contributed by atoms with Crippen LogP contribution in [0.15, 0.2) is 71.5 Å². The summed E-state index contributed by atoms with van der Waals surface area (Å²) in [5.41, 5.74) is 2.99. The fourth-order valence-electron chi connectivity index (χ4n) is 3.11. The predicted octanol–water partition coefficient (Wildman–Crippen LogP) is 5.38. The number of rotatable bonds is 4. The number of halogens is 1. The van der Waals surface area contributed by atoms with Crippen LogP contribution in [0.1, 0.15) is 17.0 Å². The molecule has 148 valence electrons. The standard InChI is InChI=1S/C23H16IN3O3/c1-15-2-4-16(5-3-15)6-13-22-25-21-12-7-17(24)14-20(21)23(28)26(22)18-8-10-19(11-9-18)27(29)30/h2-14H,1H3. The molecule has 0 spiro atoms. The van der Waals surface area contributed by atoms with Gasteiger partial charge in [-0.3, -0.25) is 19.5 Å². The molecule has 0 radical (unpaired) electrons. The van der Waals surface area contributed by atoms with Gasteiger partial charge in [0.25, 0.3) is 11.2 Å². The summed E-state index contributed by atoms with van der Waals surface area (Å²) in [6.07, 6.45) is 3.67. The van der Waals surface area contributed by atoms with Crippen molar-refractivity contribution >= 4 is 51.3 Å². The number of benzene rings is 3. The normalized spacial score (nSPS) is 11.3. The number of aryl methyl sites for hydroxylation is 1. The SMILES string of the molecule is Cc1ccc(C=Cc2nc3ccc(I)cc3c(=O)n2-c2ccc([N+](=O)[O-])cc2)cc1. The van der Waals surface area contributed by atoms with Gasteiger partial charge in [0, 0.05) is 15.7 Å². The highest BCUT2D eigenvalue weighted by atomic mass is 127. The lowest BCUT2D eigenvalue weighted by molar-refractivity contribution is -0.384. The van der Waals surface area contributed by atoms with Crippen LogP contribution in [0.2, 0.25) is 0 Å². The van der Waals surface area contributed by atoms with E-state index in [-0.39, 0.29) is 11.2 Å². The highest BCUT2D eigenvalue weighted by Gasteiger charge is 2.13. The molecule has 30 heavy (non-hydrogen) atoms. The van der Waals surface area contributed by atoms with Gasteiger partial charge >= 0.3 is 0 Å². The van der Waals surface area contributed by atoms with Crippen LogP contribution in [-0.4, -0.2) is 14.5 Å². The van der Waals surface area contributed by atoms with Gasteiger partial charge in [0.1, 0.15) is 5.82 Å². The lowest BCUT2D eigenvalue weighted by Crippen LogP contribution is -2.22. The summed E-state index contributed by atoms with van der Waals surface area (Å²) in [5, 5.41) is 11.5. The van der Waals surface area contributed by atoms with E-state index >= 15 is 0 Å². The van der Waals surface area contributed by atoms with Crippen molar-refractivity contribution in [3.63, 3.8) is 0 Å². The molecule has 0 unspecified atom stereocenters. The van der Waals surface area contributed by atoms with Crippen LogP contribution in [0.3, 0.4) is 0 Å². The lowest BCUT2D eigenvalue weighted by Gasteiger charge is -2.11. The molecule has 3 aromatic carbocycles. The van der Waals surface area contributed by atoms with E-state index < -0.39 is 4.92 Å². The Morgan fingerprint density at radius 2 is 1.70 bits per heavy atom. The minimum Gasteiger partial charge on any atom is -0.268 e. The summed E-state index contributed by atoms with van der Waals surface area (Å²) in [6, 6.07) is 19.4. The van der Waals surface area contributed by atoms with Crippen LogP contribution in [-0.2, 0) is 0 Å². The third-order valence-corrected chi connectivity index (χ3v) is 5.35. The fraction of sp³-hybridized carbons (Fsp3) is 0.0435. The van der Waals surface area contributed by atoms with Crippen molar-refractivity contribution in [3.8, 4) is 5.69 Å². The number of nitro benzene ring substituents is 1. The van der Waals surface area contributed by atoms with Gasteiger partial charge in [-0.05, 0) is 71.5 Å². The molecule has 4 aromatic rings. The maximum absolute atomic E-state index is 13.3. The minimum absolute atomic E-state index is 0.0353. The molecule has 0 aliphatic rings. The van der Waals surface area contributed by atoms with E-state index in [1.54, 1.807) is 24.3 Å². The van der Waals surface area contributed by atoms with Gasteiger partial charge in [0.2, 0.25) is 0 Å². The van der Waals surface area contributed by atoms with E-state index in [9.17, 15) is 14.9 Å². The molecule has 1 heterocycles. The van der Waals surface area contributed by atoms with Gasteiger partial charge < -0.3 is 0 Å². The van der Waals surface area contributed by atoms with E-state index in [0.717, 1.165) is 14.7 Å². The maximum atomic E-state index is 13.3. The monoisotopic (exact) mass is 509 g/mol. The first kappa shape index (κ1) is 20.0. The zero-order chi connectivity index (χ0) is 21.3. The Labute approximate surface area is 185 Å². The number of aromatic nitrogens is 2.